The van der Waals surface area contributed by atoms with Crippen LogP contribution in [0.3, 0.4) is 0 Å². The van der Waals surface area contributed by atoms with Gasteiger partial charge in [0.25, 0.3) is 0 Å². The van der Waals surface area contributed by atoms with E-state index in [4.69, 9.17) is 19.7 Å². The van der Waals surface area contributed by atoms with Crippen molar-refractivity contribution >= 4 is 11.9 Å². The second-order valence-corrected chi connectivity index (χ2v) is 9.34. The van der Waals surface area contributed by atoms with Crippen molar-refractivity contribution in [2.45, 2.75) is 117 Å². The molecule has 44 heavy (non-hydrogen) atoms. The van der Waals surface area contributed by atoms with Crippen molar-refractivity contribution < 1.29 is 47.8 Å². The van der Waals surface area contributed by atoms with E-state index in [9.17, 15) is 9.59 Å². The number of carbonyl (C=O) groups excluding carboxylic acids is 2. The number of nitrogens with one attached hydrogen (secondary N) is 1. The van der Waals surface area contributed by atoms with Crippen LogP contribution in [0.1, 0.15) is 129 Å². The molecular formula is C37H73NO6. The van der Waals surface area contributed by atoms with Gasteiger partial charge in [-0.3, -0.25) is 14.9 Å². The highest BCUT2D eigenvalue weighted by molar-refractivity contribution is 5.75. The van der Waals surface area contributed by atoms with Gasteiger partial charge in [-0.2, -0.15) is 0 Å². The lowest BCUT2D eigenvalue weighted by molar-refractivity contribution is -0.157. The van der Waals surface area contributed by atoms with Gasteiger partial charge in [0.15, 0.2) is 0 Å². The van der Waals surface area contributed by atoms with E-state index < -0.39 is 12.9 Å². The highest BCUT2D eigenvalue weighted by Crippen LogP contribution is 2.13. The minimum atomic E-state index is -0.679. The first kappa shape index (κ1) is 41.9. The molecule has 0 spiro atoms. The fourth-order valence-electron chi connectivity index (χ4n) is 3.37. The molecule has 0 saturated carbocycles. The number of aliphatic hydroxyl groups is 2. The van der Waals surface area contributed by atoms with E-state index in [-0.39, 0.29) is 43.6 Å². The number of ether oxygens (including phenoxy) is 2. The fraction of sp³-hybridized carbons (Fsp3) is 0.568. The van der Waals surface area contributed by atoms with Crippen LogP contribution in [0, 0.1) is 83.0 Å². The van der Waals surface area contributed by atoms with Gasteiger partial charge in [-0.05, 0) is 48.9 Å². The molecule has 0 rings (SSSR count). The standard InChI is InChI=1S/C20H40O5.C17H7NO.13H2/c1-2-3-4-5-6-7-8-9-10-11-12-13-14-15-20(23)25-19(16-21)17-24-18-22;1-3-4-5-6-7-8-9-10-11-12-13-14-15-16-18-17(2)19;;;;;;;;;;;;;/h19,21-22H,2-18H2,1H3;1-2H3,(H,18,19);13*1H/t19-;;;;;;;;;;;;;;/m1............../s1. The van der Waals surface area contributed by atoms with Gasteiger partial charge in [0, 0.05) is 73.5 Å². The molecule has 262 valence electrons. The number of amides is 1. The zero-order valence-electron chi connectivity index (χ0n) is 26.6. The van der Waals surface area contributed by atoms with Crippen LogP contribution in [0.4, 0.5) is 0 Å². The average molecular weight is 628 g/mol. The topological polar surface area (TPSA) is 105 Å². The van der Waals surface area contributed by atoms with E-state index in [2.05, 4.69) is 95.3 Å². The van der Waals surface area contributed by atoms with Crippen molar-refractivity contribution in [3.63, 3.8) is 0 Å². The first-order chi connectivity index (χ1) is 21.5. The third-order valence-corrected chi connectivity index (χ3v) is 5.49. The lowest BCUT2D eigenvalue weighted by atomic mass is 10.0. The van der Waals surface area contributed by atoms with Crippen LogP contribution in [0.2, 0.25) is 0 Å². The van der Waals surface area contributed by atoms with Crippen LogP contribution in [0.15, 0.2) is 0 Å². The summed E-state index contributed by atoms with van der Waals surface area (Å²) in [6, 6.07) is 2.34. The molecule has 7 heteroatoms. The first-order valence-corrected chi connectivity index (χ1v) is 15.2. The highest BCUT2D eigenvalue weighted by Gasteiger charge is 2.13. The number of aliphatic hydroxyl groups excluding tert-OH is 2. The Morgan fingerprint density at radius 2 is 1.11 bits per heavy atom. The van der Waals surface area contributed by atoms with E-state index >= 15 is 0 Å². The number of rotatable bonds is 19. The summed E-state index contributed by atoms with van der Waals surface area (Å²) in [4.78, 5) is 22.0. The Labute approximate surface area is 285 Å². The van der Waals surface area contributed by atoms with Gasteiger partial charge in [-0.15, -0.1) is 0 Å². The second kappa shape index (κ2) is 36.8. The lowest BCUT2D eigenvalue weighted by Crippen LogP contribution is -2.27. The maximum Gasteiger partial charge on any atom is 0.306 e. The second-order valence-electron chi connectivity index (χ2n) is 9.34. The molecule has 0 bridgehead atoms. The third-order valence-electron chi connectivity index (χ3n) is 5.49. The molecule has 0 aliphatic carbocycles. The van der Waals surface area contributed by atoms with Crippen LogP contribution < -0.4 is 5.32 Å². The molecule has 0 aliphatic rings. The lowest BCUT2D eigenvalue weighted by Gasteiger charge is -2.14. The zero-order valence-corrected chi connectivity index (χ0v) is 26.6. The van der Waals surface area contributed by atoms with Crippen LogP contribution in [-0.2, 0) is 19.1 Å². The summed E-state index contributed by atoms with van der Waals surface area (Å²) in [5.41, 5.74) is 0. The molecule has 0 radical (unpaired) electrons. The van der Waals surface area contributed by atoms with Gasteiger partial charge in [-0.1, -0.05) is 89.9 Å². The molecule has 0 fully saturated rings. The molecule has 0 saturated heterocycles. The molecule has 0 aromatic rings. The Morgan fingerprint density at radius 3 is 1.52 bits per heavy atom. The van der Waals surface area contributed by atoms with Crippen molar-refractivity contribution in [3.05, 3.63) is 0 Å². The quantitative estimate of drug-likeness (QED) is 0.0447. The molecular weight excluding hydrogens is 554 g/mol. The van der Waals surface area contributed by atoms with E-state index in [1.54, 1.807) is 6.92 Å². The Bertz CT molecular complexity index is 1260. The molecule has 7 nitrogen and oxygen atoms in total. The Hall–Kier alpha value is -4.26. The summed E-state index contributed by atoms with van der Waals surface area (Å²) in [6.45, 7) is 4.61. The molecule has 0 heterocycles. The number of hydrogen-bond acceptors (Lipinski definition) is 6. The summed E-state index contributed by atoms with van der Waals surface area (Å²) >= 11 is 0. The van der Waals surface area contributed by atoms with Gasteiger partial charge in [0.05, 0.1) is 13.2 Å². The summed E-state index contributed by atoms with van der Waals surface area (Å²) in [6.07, 6.45) is 16.2. The largest absolute Gasteiger partial charge is 0.457 e. The normalized spacial score (nSPS) is 9.02. The molecule has 1 amide bonds. The molecule has 3 N–H and O–H groups in total. The third kappa shape index (κ3) is 37.7. The molecule has 0 unspecified atom stereocenters. The van der Waals surface area contributed by atoms with E-state index in [0.29, 0.717) is 6.42 Å². The number of unbranched alkanes of at least 4 members (excludes halogenated alkanes) is 12. The Kier molecular flexibility index (Phi) is 35.0. The average Bonchev–Trinajstić information content (AvgIpc) is 3.01. The van der Waals surface area contributed by atoms with Gasteiger partial charge >= 0.3 is 5.97 Å². The Morgan fingerprint density at radius 1 is 0.682 bits per heavy atom. The fourth-order valence-corrected chi connectivity index (χ4v) is 3.37. The van der Waals surface area contributed by atoms with Crippen molar-refractivity contribution in [3.8, 4) is 83.0 Å². The smallest absolute Gasteiger partial charge is 0.306 e. The number of carbonyl (C=O) groups is 2. The minimum absolute atomic E-state index is 0. The van der Waals surface area contributed by atoms with E-state index in [1.807, 2.05) is 0 Å². The number of hydrogen-bond donors (Lipinski definition) is 3. The first-order valence-electron chi connectivity index (χ1n) is 15.2. The number of esters is 1. The van der Waals surface area contributed by atoms with Crippen LogP contribution >= 0.6 is 0 Å². The Balaban J connectivity index is -0.0000000395. The predicted octanol–water partition coefficient (Wildman–Crippen LogP) is 7.66. The summed E-state index contributed by atoms with van der Waals surface area (Å²) in [7, 11) is 0. The van der Waals surface area contributed by atoms with Gasteiger partial charge in [0.2, 0.25) is 5.91 Å². The van der Waals surface area contributed by atoms with Crippen molar-refractivity contribution in [1.29, 1.82) is 0 Å². The monoisotopic (exact) mass is 628 g/mol. The molecule has 0 aromatic carbocycles. The van der Waals surface area contributed by atoms with Gasteiger partial charge in [0.1, 0.15) is 12.9 Å². The van der Waals surface area contributed by atoms with Crippen molar-refractivity contribution in [2.75, 3.05) is 20.0 Å². The molecule has 1 atom stereocenters. The predicted molar refractivity (Wildman–Crippen MR) is 202 cm³/mol. The maximum absolute atomic E-state index is 11.6. The highest BCUT2D eigenvalue weighted by atomic mass is 16.6. The van der Waals surface area contributed by atoms with E-state index in [1.165, 1.54) is 77.6 Å². The molecule has 0 aromatic heterocycles. The molecule has 0 aliphatic heterocycles. The maximum atomic E-state index is 11.6. The summed E-state index contributed by atoms with van der Waals surface area (Å²) < 4.78 is 9.81. The summed E-state index contributed by atoms with van der Waals surface area (Å²) in [5.74, 6) is 31.8. The van der Waals surface area contributed by atoms with E-state index in [0.717, 1.165) is 12.8 Å². The SMILES string of the molecule is CC#CC#CC#CC#CC#CC#CC#CNC(C)=O.CCCCCCCCCCCCCCCC(=O)O[C@H](CO)COCO.[HH].[HH].[HH].[HH].[HH].[HH].[HH].[HH].[HH].[HH].[HH].[HH].[HH]. The van der Waals surface area contributed by atoms with Crippen LogP contribution in [-0.4, -0.2) is 48.2 Å². The van der Waals surface area contributed by atoms with Gasteiger partial charge < -0.3 is 19.7 Å². The van der Waals surface area contributed by atoms with Crippen molar-refractivity contribution in [1.82, 2.24) is 5.32 Å². The minimum Gasteiger partial charge on any atom is -0.457 e. The zero-order chi connectivity index (χ0) is 32.8. The van der Waals surface area contributed by atoms with Crippen molar-refractivity contribution in [2.24, 2.45) is 0 Å². The van der Waals surface area contributed by atoms with Crippen LogP contribution in [0.25, 0.3) is 0 Å². The van der Waals surface area contributed by atoms with Gasteiger partial charge in [-0.25, -0.2) is 0 Å². The summed E-state index contributed by atoms with van der Waals surface area (Å²) in [5, 5.41) is 19.8. The van der Waals surface area contributed by atoms with Crippen LogP contribution in [0.5, 0.6) is 0 Å².